The van der Waals surface area contributed by atoms with Crippen LogP contribution in [0.25, 0.3) is 0 Å². The molecule has 7 nitrogen and oxygen atoms in total. The summed E-state index contributed by atoms with van der Waals surface area (Å²) in [7, 11) is 1.60. The number of nitrogens with zero attached hydrogens (tertiary/aromatic N) is 2. The van der Waals surface area contributed by atoms with E-state index in [4.69, 9.17) is 9.47 Å². The van der Waals surface area contributed by atoms with Crippen molar-refractivity contribution in [2.75, 3.05) is 26.8 Å². The molecule has 0 aliphatic rings. The summed E-state index contributed by atoms with van der Waals surface area (Å²) in [6.45, 7) is 3.02. The summed E-state index contributed by atoms with van der Waals surface area (Å²) in [6, 6.07) is 11.0. The van der Waals surface area contributed by atoms with Crippen molar-refractivity contribution in [3.8, 4) is 11.5 Å². The molecule has 27 heavy (non-hydrogen) atoms. The van der Waals surface area contributed by atoms with Gasteiger partial charge in [0.05, 0.1) is 13.7 Å². The zero-order chi connectivity index (χ0) is 19.5. The summed E-state index contributed by atoms with van der Waals surface area (Å²) < 4.78 is 10.7. The number of aromatic nitrogens is 1. The fourth-order valence-electron chi connectivity index (χ4n) is 2.40. The number of carbonyl (C=O) groups excluding carboxylic acids is 2. The molecule has 1 heterocycles. The first-order chi connectivity index (χ1) is 13.1. The number of hydrogen-bond acceptors (Lipinski definition) is 5. The van der Waals surface area contributed by atoms with Crippen molar-refractivity contribution in [1.29, 1.82) is 0 Å². The number of ether oxygens (including phenoxy) is 2. The number of methoxy groups -OCH3 is 1. The summed E-state index contributed by atoms with van der Waals surface area (Å²) in [5, 5.41) is 2.83. The van der Waals surface area contributed by atoms with Gasteiger partial charge < -0.3 is 19.7 Å². The standard InChI is InChI=1S/C20H25N3O4/c1-16(24)23(12-13-27-19-7-5-18(26-2)6-8-19)11-9-20(25)22-15-17-4-3-10-21-14-17/h3-8,10,14H,9,11-13,15H2,1-2H3,(H,22,25). The van der Waals surface area contributed by atoms with Crippen molar-refractivity contribution < 1.29 is 19.1 Å². The number of carbonyl (C=O) groups is 2. The van der Waals surface area contributed by atoms with Gasteiger partial charge in [0.2, 0.25) is 11.8 Å². The van der Waals surface area contributed by atoms with Gasteiger partial charge in [-0.3, -0.25) is 14.6 Å². The molecule has 0 radical (unpaired) electrons. The summed E-state index contributed by atoms with van der Waals surface area (Å²) in [6.07, 6.45) is 3.63. The first-order valence-corrected chi connectivity index (χ1v) is 8.76. The molecule has 0 saturated heterocycles. The van der Waals surface area contributed by atoms with Crippen molar-refractivity contribution >= 4 is 11.8 Å². The van der Waals surface area contributed by atoms with Gasteiger partial charge in [0.1, 0.15) is 18.1 Å². The fourth-order valence-corrected chi connectivity index (χ4v) is 2.40. The monoisotopic (exact) mass is 371 g/mol. The topological polar surface area (TPSA) is 80.8 Å². The van der Waals surface area contributed by atoms with Crippen LogP contribution in [0.3, 0.4) is 0 Å². The molecule has 0 fully saturated rings. The molecular formula is C20H25N3O4. The normalized spacial score (nSPS) is 10.1. The van der Waals surface area contributed by atoms with Gasteiger partial charge in [-0.05, 0) is 35.9 Å². The minimum absolute atomic E-state index is 0.0895. The quantitative estimate of drug-likeness (QED) is 0.691. The molecule has 144 valence electrons. The Hall–Kier alpha value is -3.09. The minimum Gasteiger partial charge on any atom is -0.497 e. The molecule has 2 rings (SSSR count). The van der Waals surface area contributed by atoms with Crippen molar-refractivity contribution in [3.63, 3.8) is 0 Å². The average Bonchev–Trinajstić information content (AvgIpc) is 2.70. The first kappa shape index (κ1) is 20.2. The van der Waals surface area contributed by atoms with Crippen molar-refractivity contribution in [3.05, 3.63) is 54.4 Å². The van der Waals surface area contributed by atoms with E-state index < -0.39 is 0 Å². The third kappa shape index (κ3) is 7.35. The van der Waals surface area contributed by atoms with Crippen molar-refractivity contribution in [2.24, 2.45) is 0 Å². The second-order valence-electron chi connectivity index (χ2n) is 5.92. The Bertz CT molecular complexity index is 720. The number of pyridine rings is 1. The van der Waals surface area contributed by atoms with Gasteiger partial charge in [0.25, 0.3) is 0 Å². The molecule has 1 aromatic carbocycles. The molecule has 2 amide bonds. The second-order valence-corrected chi connectivity index (χ2v) is 5.92. The number of hydrogen-bond donors (Lipinski definition) is 1. The second kappa shape index (κ2) is 10.8. The highest BCUT2D eigenvalue weighted by Gasteiger charge is 2.11. The van der Waals surface area contributed by atoms with Crippen LogP contribution in [0, 0.1) is 0 Å². The number of nitrogens with one attached hydrogen (secondary N) is 1. The van der Waals surface area contributed by atoms with Crippen LogP contribution in [-0.4, -0.2) is 48.5 Å². The van der Waals surface area contributed by atoms with E-state index in [-0.39, 0.29) is 18.2 Å². The minimum atomic E-state index is -0.110. The number of rotatable bonds is 10. The van der Waals surface area contributed by atoms with E-state index in [1.165, 1.54) is 6.92 Å². The summed E-state index contributed by atoms with van der Waals surface area (Å²) in [4.78, 5) is 29.4. The van der Waals surface area contributed by atoms with Crippen LogP contribution < -0.4 is 14.8 Å². The van der Waals surface area contributed by atoms with Crippen LogP contribution in [0.4, 0.5) is 0 Å². The van der Waals surface area contributed by atoms with Crippen LogP contribution in [-0.2, 0) is 16.1 Å². The Morgan fingerprint density at radius 2 is 1.85 bits per heavy atom. The average molecular weight is 371 g/mol. The van der Waals surface area contributed by atoms with Gasteiger partial charge in [-0.15, -0.1) is 0 Å². The van der Waals surface area contributed by atoms with Gasteiger partial charge in [0, 0.05) is 38.8 Å². The molecular weight excluding hydrogens is 346 g/mol. The van der Waals surface area contributed by atoms with Gasteiger partial charge in [0.15, 0.2) is 0 Å². The van der Waals surface area contributed by atoms with E-state index in [1.807, 2.05) is 36.4 Å². The first-order valence-electron chi connectivity index (χ1n) is 8.76. The molecule has 1 aromatic heterocycles. The molecule has 0 spiro atoms. The molecule has 7 heteroatoms. The van der Waals surface area contributed by atoms with E-state index in [9.17, 15) is 9.59 Å². The largest absolute Gasteiger partial charge is 0.497 e. The lowest BCUT2D eigenvalue weighted by atomic mass is 10.3. The highest BCUT2D eigenvalue weighted by molar-refractivity contribution is 5.78. The van der Waals surface area contributed by atoms with E-state index in [2.05, 4.69) is 10.3 Å². The molecule has 2 aromatic rings. The van der Waals surface area contributed by atoms with Gasteiger partial charge in [-0.2, -0.15) is 0 Å². The molecule has 0 unspecified atom stereocenters. The Morgan fingerprint density at radius 3 is 2.48 bits per heavy atom. The summed E-state index contributed by atoms with van der Waals surface area (Å²) >= 11 is 0. The maximum absolute atomic E-state index is 12.0. The summed E-state index contributed by atoms with van der Waals surface area (Å²) in [5.74, 6) is 1.26. The molecule has 0 saturated carbocycles. The summed E-state index contributed by atoms with van der Waals surface area (Å²) in [5.41, 5.74) is 0.933. The van der Waals surface area contributed by atoms with Crippen molar-refractivity contribution in [2.45, 2.75) is 19.9 Å². The van der Waals surface area contributed by atoms with Gasteiger partial charge in [-0.25, -0.2) is 0 Å². The maximum atomic E-state index is 12.0. The Morgan fingerprint density at radius 1 is 1.11 bits per heavy atom. The predicted octanol–water partition coefficient (Wildman–Crippen LogP) is 2.02. The number of amides is 2. The lowest BCUT2D eigenvalue weighted by Gasteiger charge is -2.21. The zero-order valence-electron chi connectivity index (χ0n) is 15.7. The molecule has 1 N–H and O–H groups in total. The SMILES string of the molecule is COc1ccc(OCCN(CCC(=O)NCc2cccnc2)C(C)=O)cc1. The van der Waals surface area contributed by atoms with E-state index in [1.54, 1.807) is 24.4 Å². The smallest absolute Gasteiger partial charge is 0.222 e. The lowest BCUT2D eigenvalue weighted by Crippen LogP contribution is -2.36. The Labute approximate surface area is 159 Å². The molecule has 0 bridgehead atoms. The predicted molar refractivity (Wildman–Crippen MR) is 101 cm³/mol. The Kier molecular flexibility index (Phi) is 8.09. The highest BCUT2D eigenvalue weighted by atomic mass is 16.5. The van der Waals surface area contributed by atoms with Gasteiger partial charge >= 0.3 is 0 Å². The third-order valence-corrected chi connectivity index (χ3v) is 3.96. The maximum Gasteiger partial charge on any atom is 0.222 e. The van der Waals surface area contributed by atoms with E-state index in [0.29, 0.717) is 32.0 Å². The lowest BCUT2D eigenvalue weighted by molar-refractivity contribution is -0.130. The molecule has 0 aliphatic carbocycles. The fraction of sp³-hybridized carbons (Fsp3) is 0.350. The van der Waals surface area contributed by atoms with Crippen molar-refractivity contribution in [1.82, 2.24) is 15.2 Å². The zero-order valence-corrected chi connectivity index (χ0v) is 15.7. The Balaban J connectivity index is 1.70. The van der Waals surface area contributed by atoms with Gasteiger partial charge in [-0.1, -0.05) is 6.07 Å². The van der Waals surface area contributed by atoms with Crippen LogP contribution in [0.2, 0.25) is 0 Å². The highest BCUT2D eigenvalue weighted by Crippen LogP contribution is 2.16. The van der Waals surface area contributed by atoms with Crippen LogP contribution in [0.15, 0.2) is 48.8 Å². The van der Waals surface area contributed by atoms with Crippen LogP contribution >= 0.6 is 0 Å². The van der Waals surface area contributed by atoms with Crippen LogP contribution in [0.1, 0.15) is 18.9 Å². The molecule has 0 aliphatic heterocycles. The van der Waals surface area contributed by atoms with E-state index >= 15 is 0 Å². The van der Waals surface area contributed by atoms with Crippen LogP contribution in [0.5, 0.6) is 11.5 Å². The van der Waals surface area contributed by atoms with E-state index in [0.717, 1.165) is 11.3 Å². The molecule has 0 atom stereocenters. The third-order valence-electron chi connectivity index (χ3n) is 3.96. The number of benzene rings is 1.